The van der Waals surface area contributed by atoms with E-state index in [0.29, 0.717) is 6.10 Å². The van der Waals surface area contributed by atoms with Gasteiger partial charge >= 0.3 is 0 Å². The lowest BCUT2D eigenvalue weighted by atomic mass is 9.97. The SMILES string of the molecule is CC(C)OCCN1CCCc2cc(C(C)N)ccc21. The number of benzene rings is 1. The van der Waals surface area contributed by atoms with Crippen molar-refractivity contribution in [2.45, 2.75) is 45.8 Å². The smallest absolute Gasteiger partial charge is 0.0645 e. The average molecular weight is 262 g/mol. The second kappa shape index (κ2) is 6.40. The molecule has 19 heavy (non-hydrogen) atoms. The molecule has 2 rings (SSSR count). The van der Waals surface area contributed by atoms with Crippen molar-refractivity contribution in [3.63, 3.8) is 0 Å². The van der Waals surface area contributed by atoms with Crippen LogP contribution in [0.4, 0.5) is 5.69 Å². The fourth-order valence-corrected chi connectivity index (χ4v) is 2.61. The van der Waals surface area contributed by atoms with E-state index in [1.165, 1.54) is 23.2 Å². The zero-order valence-corrected chi connectivity index (χ0v) is 12.4. The molecule has 0 radical (unpaired) electrons. The molecule has 0 amide bonds. The molecule has 0 aromatic heterocycles. The summed E-state index contributed by atoms with van der Waals surface area (Å²) in [5.74, 6) is 0. The molecule has 3 nitrogen and oxygen atoms in total. The topological polar surface area (TPSA) is 38.5 Å². The van der Waals surface area contributed by atoms with E-state index < -0.39 is 0 Å². The Bertz CT molecular complexity index is 415. The van der Waals surface area contributed by atoms with Gasteiger partial charge < -0.3 is 15.4 Å². The van der Waals surface area contributed by atoms with E-state index in [9.17, 15) is 0 Å². The van der Waals surface area contributed by atoms with Crippen LogP contribution in [-0.4, -0.2) is 25.8 Å². The fraction of sp³-hybridized carbons (Fsp3) is 0.625. The average Bonchev–Trinajstić information content (AvgIpc) is 2.37. The van der Waals surface area contributed by atoms with Gasteiger partial charge in [-0.25, -0.2) is 0 Å². The van der Waals surface area contributed by atoms with Crippen LogP contribution in [0.2, 0.25) is 0 Å². The van der Waals surface area contributed by atoms with Gasteiger partial charge in [-0.3, -0.25) is 0 Å². The molecular formula is C16H26N2O. The number of nitrogens with zero attached hydrogens (tertiary/aromatic N) is 1. The van der Waals surface area contributed by atoms with Gasteiger partial charge in [0.25, 0.3) is 0 Å². The van der Waals surface area contributed by atoms with E-state index in [0.717, 1.165) is 26.1 Å². The molecule has 0 bridgehead atoms. The van der Waals surface area contributed by atoms with Gasteiger partial charge in [-0.1, -0.05) is 12.1 Å². The molecule has 1 aromatic carbocycles. The summed E-state index contributed by atoms with van der Waals surface area (Å²) in [5.41, 5.74) is 10.00. The van der Waals surface area contributed by atoms with Gasteiger partial charge in [0.15, 0.2) is 0 Å². The van der Waals surface area contributed by atoms with Crippen molar-refractivity contribution in [1.82, 2.24) is 0 Å². The number of ether oxygens (including phenoxy) is 1. The lowest BCUT2D eigenvalue weighted by Crippen LogP contribution is -2.33. The lowest BCUT2D eigenvalue weighted by Gasteiger charge is -2.32. The Morgan fingerprint density at radius 2 is 2.11 bits per heavy atom. The highest BCUT2D eigenvalue weighted by Crippen LogP contribution is 2.29. The molecule has 0 spiro atoms. The lowest BCUT2D eigenvalue weighted by molar-refractivity contribution is 0.0839. The van der Waals surface area contributed by atoms with Gasteiger partial charge in [0.2, 0.25) is 0 Å². The standard InChI is InChI=1S/C16H26N2O/c1-12(2)19-10-9-18-8-4-5-15-11-14(13(3)17)6-7-16(15)18/h6-7,11-13H,4-5,8-10,17H2,1-3H3. The van der Waals surface area contributed by atoms with E-state index in [1.807, 2.05) is 6.92 Å². The van der Waals surface area contributed by atoms with E-state index in [-0.39, 0.29) is 6.04 Å². The molecule has 1 heterocycles. The first-order valence-corrected chi connectivity index (χ1v) is 7.33. The first-order valence-electron chi connectivity index (χ1n) is 7.33. The second-order valence-corrected chi connectivity index (χ2v) is 5.69. The Morgan fingerprint density at radius 3 is 2.79 bits per heavy atom. The normalized spacial score (nSPS) is 16.6. The summed E-state index contributed by atoms with van der Waals surface area (Å²) < 4.78 is 5.66. The summed E-state index contributed by atoms with van der Waals surface area (Å²) in [6, 6.07) is 6.77. The number of aryl methyl sites for hydroxylation is 1. The first-order chi connectivity index (χ1) is 9.08. The van der Waals surface area contributed by atoms with Crippen LogP contribution in [0.25, 0.3) is 0 Å². The monoisotopic (exact) mass is 262 g/mol. The van der Waals surface area contributed by atoms with Crippen molar-refractivity contribution in [2.24, 2.45) is 5.73 Å². The zero-order chi connectivity index (χ0) is 13.8. The number of hydrogen-bond acceptors (Lipinski definition) is 3. The summed E-state index contributed by atoms with van der Waals surface area (Å²) in [4.78, 5) is 2.44. The van der Waals surface area contributed by atoms with Crippen LogP contribution in [0, 0.1) is 0 Å². The first kappa shape index (κ1) is 14.4. The zero-order valence-electron chi connectivity index (χ0n) is 12.4. The number of rotatable bonds is 5. The third-order valence-corrected chi connectivity index (χ3v) is 3.66. The molecule has 1 unspecified atom stereocenters. The molecule has 0 saturated heterocycles. The Morgan fingerprint density at radius 1 is 1.32 bits per heavy atom. The molecule has 1 aromatic rings. The minimum Gasteiger partial charge on any atom is -0.377 e. The quantitative estimate of drug-likeness (QED) is 0.886. The summed E-state index contributed by atoms with van der Waals surface area (Å²) in [5, 5.41) is 0. The van der Waals surface area contributed by atoms with Crippen molar-refractivity contribution in [3.05, 3.63) is 29.3 Å². The van der Waals surface area contributed by atoms with Crippen molar-refractivity contribution in [3.8, 4) is 0 Å². The second-order valence-electron chi connectivity index (χ2n) is 5.69. The van der Waals surface area contributed by atoms with Gasteiger partial charge in [-0.15, -0.1) is 0 Å². The van der Waals surface area contributed by atoms with Gasteiger partial charge in [0, 0.05) is 24.8 Å². The Kier molecular flexibility index (Phi) is 4.83. The molecular weight excluding hydrogens is 236 g/mol. The third kappa shape index (κ3) is 3.71. The van der Waals surface area contributed by atoms with E-state index >= 15 is 0 Å². The highest BCUT2D eigenvalue weighted by Gasteiger charge is 2.17. The molecule has 1 aliphatic rings. The van der Waals surface area contributed by atoms with Crippen LogP contribution in [0.15, 0.2) is 18.2 Å². The van der Waals surface area contributed by atoms with E-state index in [1.54, 1.807) is 0 Å². The molecule has 1 atom stereocenters. The van der Waals surface area contributed by atoms with Gasteiger partial charge in [0.1, 0.15) is 0 Å². The number of fused-ring (bicyclic) bond motifs is 1. The van der Waals surface area contributed by atoms with Crippen LogP contribution in [0.5, 0.6) is 0 Å². The minimum absolute atomic E-state index is 0.116. The number of nitrogens with two attached hydrogens (primary N) is 1. The summed E-state index contributed by atoms with van der Waals surface area (Å²) >= 11 is 0. The Hall–Kier alpha value is -1.06. The molecule has 106 valence electrons. The van der Waals surface area contributed by atoms with Gasteiger partial charge in [0.05, 0.1) is 12.7 Å². The van der Waals surface area contributed by atoms with Crippen LogP contribution in [-0.2, 0) is 11.2 Å². The van der Waals surface area contributed by atoms with Crippen LogP contribution >= 0.6 is 0 Å². The summed E-state index contributed by atoms with van der Waals surface area (Å²) in [6.07, 6.45) is 2.69. The number of hydrogen-bond donors (Lipinski definition) is 1. The van der Waals surface area contributed by atoms with Crippen molar-refractivity contribution in [2.75, 3.05) is 24.6 Å². The largest absolute Gasteiger partial charge is 0.377 e. The fourth-order valence-electron chi connectivity index (χ4n) is 2.61. The van der Waals surface area contributed by atoms with Crippen molar-refractivity contribution < 1.29 is 4.74 Å². The van der Waals surface area contributed by atoms with E-state index in [2.05, 4.69) is 36.9 Å². The molecule has 3 heteroatoms. The predicted molar refractivity (Wildman–Crippen MR) is 80.7 cm³/mol. The van der Waals surface area contributed by atoms with E-state index in [4.69, 9.17) is 10.5 Å². The molecule has 0 aliphatic carbocycles. The highest BCUT2D eigenvalue weighted by molar-refractivity contribution is 5.57. The third-order valence-electron chi connectivity index (χ3n) is 3.66. The molecule has 1 aliphatic heterocycles. The summed E-state index contributed by atoms with van der Waals surface area (Å²) in [6.45, 7) is 9.11. The molecule has 2 N–H and O–H groups in total. The van der Waals surface area contributed by atoms with Crippen LogP contribution < -0.4 is 10.6 Å². The van der Waals surface area contributed by atoms with Crippen LogP contribution in [0.1, 0.15) is 44.4 Å². The molecule has 0 saturated carbocycles. The Balaban J connectivity index is 2.07. The maximum Gasteiger partial charge on any atom is 0.0645 e. The van der Waals surface area contributed by atoms with Crippen LogP contribution in [0.3, 0.4) is 0 Å². The van der Waals surface area contributed by atoms with Gasteiger partial charge in [-0.2, -0.15) is 0 Å². The predicted octanol–water partition coefficient (Wildman–Crippen LogP) is 2.88. The number of anilines is 1. The summed E-state index contributed by atoms with van der Waals surface area (Å²) in [7, 11) is 0. The van der Waals surface area contributed by atoms with Crippen molar-refractivity contribution >= 4 is 5.69 Å². The maximum atomic E-state index is 5.96. The highest BCUT2D eigenvalue weighted by atomic mass is 16.5. The Labute approximate surface area is 116 Å². The van der Waals surface area contributed by atoms with Gasteiger partial charge in [-0.05, 0) is 50.8 Å². The molecule has 0 fully saturated rings. The van der Waals surface area contributed by atoms with Crippen molar-refractivity contribution in [1.29, 1.82) is 0 Å². The maximum absolute atomic E-state index is 5.96. The minimum atomic E-state index is 0.116.